The summed E-state index contributed by atoms with van der Waals surface area (Å²) >= 11 is 0. The van der Waals surface area contributed by atoms with Gasteiger partial charge in [0.2, 0.25) is 0 Å². The molecule has 0 radical (unpaired) electrons. The van der Waals surface area contributed by atoms with Gasteiger partial charge in [-0.15, -0.1) is 0 Å². The maximum absolute atomic E-state index is 4.79. The van der Waals surface area contributed by atoms with E-state index in [1.165, 1.54) is 22.5 Å². The van der Waals surface area contributed by atoms with E-state index in [-0.39, 0.29) is 0 Å². The van der Waals surface area contributed by atoms with E-state index in [0.717, 1.165) is 35.3 Å². The van der Waals surface area contributed by atoms with Crippen molar-refractivity contribution in [1.29, 1.82) is 0 Å². The molecule has 0 unspecified atom stereocenters. The van der Waals surface area contributed by atoms with Crippen molar-refractivity contribution in [3.8, 4) is 0 Å². The van der Waals surface area contributed by atoms with Crippen LogP contribution in [-0.2, 0) is 12.8 Å². The van der Waals surface area contributed by atoms with E-state index >= 15 is 0 Å². The lowest BCUT2D eigenvalue weighted by Crippen LogP contribution is -2.01. The summed E-state index contributed by atoms with van der Waals surface area (Å²) in [6, 6.07) is 8.05. The Morgan fingerprint density at radius 2 is 1.67 bits per heavy atom. The van der Waals surface area contributed by atoms with Gasteiger partial charge in [0.1, 0.15) is 0 Å². The fraction of sp³-hybridized carbons (Fsp3) is 0.333. The molecule has 0 saturated carbocycles. The highest BCUT2D eigenvalue weighted by molar-refractivity contribution is 5.74. The molecule has 1 aromatic carbocycles. The normalized spacial score (nSPS) is 11.2. The van der Waals surface area contributed by atoms with Crippen LogP contribution < -0.4 is 0 Å². The molecule has 3 rings (SSSR count). The maximum Gasteiger partial charge on any atom is 0.0890 e. The Morgan fingerprint density at radius 3 is 2.29 bits per heavy atom. The average molecular weight is 279 g/mol. The zero-order chi connectivity index (χ0) is 15.0. The molecule has 3 heteroatoms. The van der Waals surface area contributed by atoms with Crippen molar-refractivity contribution >= 4 is 11.0 Å². The van der Waals surface area contributed by atoms with Gasteiger partial charge in [0.05, 0.1) is 22.4 Å². The topological polar surface area (TPSA) is 41.6 Å². The number of aromatic nitrogens is 3. The van der Waals surface area contributed by atoms with Crippen LogP contribution in [-0.4, -0.2) is 15.0 Å². The number of para-hydroxylation sites is 2. The number of nitrogens with zero attached hydrogens (tertiary/aromatic N) is 2. The summed E-state index contributed by atoms with van der Waals surface area (Å²) in [5.74, 6) is 0. The van der Waals surface area contributed by atoms with Crippen molar-refractivity contribution in [3.05, 3.63) is 58.2 Å². The smallest absolute Gasteiger partial charge is 0.0890 e. The number of benzene rings is 1. The van der Waals surface area contributed by atoms with E-state index in [2.05, 4.69) is 30.7 Å². The van der Waals surface area contributed by atoms with Crippen LogP contribution in [0.1, 0.15) is 40.8 Å². The summed E-state index contributed by atoms with van der Waals surface area (Å²) in [5, 5.41) is 0. The molecule has 0 saturated heterocycles. The number of H-pyrrole nitrogens is 1. The monoisotopic (exact) mass is 279 g/mol. The highest BCUT2D eigenvalue weighted by atomic mass is 14.8. The quantitative estimate of drug-likeness (QED) is 0.786. The second-order valence-electron chi connectivity index (χ2n) is 5.61. The lowest BCUT2D eigenvalue weighted by atomic mass is 10.1. The maximum atomic E-state index is 4.79. The third-order valence-corrected chi connectivity index (χ3v) is 4.24. The Bertz CT molecular complexity index is 800. The van der Waals surface area contributed by atoms with Crippen molar-refractivity contribution in [2.75, 3.05) is 0 Å². The Labute approximate surface area is 125 Å². The van der Waals surface area contributed by atoms with Gasteiger partial charge in [-0.3, -0.25) is 0 Å². The van der Waals surface area contributed by atoms with Crippen LogP contribution in [0.4, 0.5) is 0 Å². The van der Waals surface area contributed by atoms with Crippen molar-refractivity contribution in [1.82, 2.24) is 15.0 Å². The second kappa shape index (κ2) is 5.32. The Balaban J connectivity index is 2.03. The van der Waals surface area contributed by atoms with Gasteiger partial charge < -0.3 is 4.98 Å². The molecule has 2 aromatic heterocycles. The van der Waals surface area contributed by atoms with Gasteiger partial charge in [0.25, 0.3) is 0 Å². The predicted octanol–water partition coefficient (Wildman–Crippen LogP) is 4.04. The minimum Gasteiger partial charge on any atom is -0.362 e. The van der Waals surface area contributed by atoms with Crippen molar-refractivity contribution < 1.29 is 0 Å². The standard InChI is InChI=1S/C18H21N3/c1-5-14-11(2)17(19-12(14)3)10-18-13(4)20-15-8-6-7-9-16(15)21-18/h6-9,19H,5,10H2,1-4H3. The number of nitrogens with one attached hydrogen (secondary N) is 1. The van der Waals surface area contributed by atoms with Crippen LogP contribution in [0.5, 0.6) is 0 Å². The molecule has 0 amide bonds. The Kier molecular flexibility index (Phi) is 3.50. The molecule has 108 valence electrons. The van der Waals surface area contributed by atoms with E-state index < -0.39 is 0 Å². The van der Waals surface area contributed by atoms with Crippen LogP contribution in [0.25, 0.3) is 11.0 Å². The molecule has 0 fully saturated rings. The van der Waals surface area contributed by atoms with Crippen LogP contribution in [0, 0.1) is 20.8 Å². The minimum absolute atomic E-state index is 0.816. The molecule has 21 heavy (non-hydrogen) atoms. The first-order valence-corrected chi connectivity index (χ1v) is 7.49. The SMILES string of the molecule is CCc1c(C)[nH]c(Cc2nc3ccccc3nc2C)c1C. The van der Waals surface area contributed by atoms with Gasteiger partial charge >= 0.3 is 0 Å². The highest BCUT2D eigenvalue weighted by Crippen LogP contribution is 2.22. The molecule has 3 aromatic rings. The fourth-order valence-electron chi connectivity index (χ4n) is 3.03. The van der Waals surface area contributed by atoms with Crippen molar-refractivity contribution in [2.45, 2.75) is 40.5 Å². The molecule has 0 spiro atoms. The summed E-state index contributed by atoms with van der Waals surface area (Å²) in [6.45, 7) is 8.59. The summed E-state index contributed by atoms with van der Waals surface area (Å²) in [5.41, 5.74) is 9.33. The van der Waals surface area contributed by atoms with Crippen molar-refractivity contribution in [3.63, 3.8) is 0 Å². The Morgan fingerprint density at radius 1 is 1.00 bits per heavy atom. The summed E-state index contributed by atoms with van der Waals surface area (Å²) < 4.78 is 0. The predicted molar refractivity (Wildman–Crippen MR) is 86.7 cm³/mol. The van der Waals surface area contributed by atoms with Crippen LogP contribution >= 0.6 is 0 Å². The first-order chi connectivity index (χ1) is 10.1. The molecular weight excluding hydrogens is 258 g/mol. The van der Waals surface area contributed by atoms with Gasteiger partial charge in [-0.05, 0) is 50.5 Å². The van der Waals surface area contributed by atoms with E-state index in [9.17, 15) is 0 Å². The van der Waals surface area contributed by atoms with Gasteiger partial charge in [-0.1, -0.05) is 19.1 Å². The minimum atomic E-state index is 0.816. The van der Waals surface area contributed by atoms with Crippen LogP contribution in [0.3, 0.4) is 0 Å². The summed E-state index contributed by atoms with van der Waals surface area (Å²) in [4.78, 5) is 13.0. The van der Waals surface area contributed by atoms with E-state index in [1.807, 2.05) is 31.2 Å². The molecule has 0 atom stereocenters. The molecule has 2 heterocycles. The molecule has 0 aliphatic rings. The van der Waals surface area contributed by atoms with Gasteiger partial charge in [0.15, 0.2) is 0 Å². The van der Waals surface area contributed by atoms with Crippen molar-refractivity contribution in [2.24, 2.45) is 0 Å². The van der Waals surface area contributed by atoms with E-state index in [4.69, 9.17) is 4.98 Å². The number of rotatable bonds is 3. The van der Waals surface area contributed by atoms with E-state index in [1.54, 1.807) is 0 Å². The third kappa shape index (κ3) is 2.44. The average Bonchev–Trinajstić information content (AvgIpc) is 2.73. The van der Waals surface area contributed by atoms with Gasteiger partial charge in [-0.25, -0.2) is 9.97 Å². The number of fused-ring (bicyclic) bond motifs is 1. The molecule has 0 aliphatic heterocycles. The molecular formula is C18H21N3. The van der Waals surface area contributed by atoms with Gasteiger partial charge in [0, 0.05) is 17.8 Å². The first kappa shape index (κ1) is 13.8. The van der Waals surface area contributed by atoms with Crippen LogP contribution in [0.15, 0.2) is 24.3 Å². The number of hydrogen-bond donors (Lipinski definition) is 1. The second-order valence-corrected chi connectivity index (χ2v) is 5.61. The molecule has 0 bridgehead atoms. The number of aryl methyl sites for hydroxylation is 2. The summed E-state index contributed by atoms with van der Waals surface area (Å²) in [6.07, 6.45) is 1.88. The highest BCUT2D eigenvalue weighted by Gasteiger charge is 2.13. The molecule has 0 aliphatic carbocycles. The fourth-order valence-corrected chi connectivity index (χ4v) is 3.03. The summed E-state index contributed by atoms with van der Waals surface area (Å²) in [7, 11) is 0. The number of aromatic amines is 1. The number of hydrogen-bond acceptors (Lipinski definition) is 2. The Hall–Kier alpha value is -2.16. The van der Waals surface area contributed by atoms with Crippen LogP contribution in [0.2, 0.25) is 0 Å². The molecule has 1 N–H and O–H groups in total. The third-order valence-electron chi connectivity index (χ3n) is 4.24. The molecule has 3 nitrogen and oxygen atoms in total. The van der Waals surface area contributed by atoms with E-state index in [0.29, 0.717) is 0 Å². The zero-order valence-electron chi connectivity index (χ0n) is 13.1. The first-order valence-electron chi connectivity index (χ1n) is 7.49. The lowest BCUT2D eigenvalue weighted by Gasteiger charge is -2.07. The van der Waals surface area contributed by atoms with Gasteiger partial charge in [-0.2, -0.15) is 0 Å². The largest absolute Gasteiger partial charge is 0.362 e. The lowest BCUT2D eigenvalue weighted by molar-refractivity contribution is 0.974. The zero-order valence-corrected chi connectivity index (χ0v) is 13.1.